The summed E-state index contributed by atoms with van der Waals surface area (Å²) >= 11 is 0. The number of hydrogen-bond donors (Lipinski definition) is 1. The highest BCUT2D eigenvalue weighted by molar-refractivity contribution is 5.96. The second-order valence-corrected chi connectivity index (χ2v) is 6.63. The summed E-state index contributed by atoms with van der Waals surface area (Å²) in [6.45, 7) is 4.33. The summed E-state index contributed by atoms with van der Waals surface area (Å²) in [7, 11) is 0. The predicted molar refractivity (Wildman–Crippen MR) is 86.1 cm³/mol. The lowest BCUT2D eigenvalue weighted by Gasteiger charge is -2.35. The van der Waals surface area contributed by atoms with Crippen molar-refractivity contribution in [3.63, 3.8) is 0 Å². The van der Waals surface area contributed by atoms with Gasteiger partial charge in [-0.15, -0.1) is 0 Å². The molecule has 3 nitrogen and oxygen atoms in total. The van der Waals surface area contributed by atoms with Crippen LogP contribution in [-0.2, 0) is 4.79 Å². The molecule has 2 unspecified atom stereocenters. The van der Waals surface area contributed by atoms with Gasteiger partial charge in [-0.3, -0.25) is 9.78 Å². The molecule has 1 heterocycles. The Kier molecular flexibility index (Phi) is 3.66. The summed E-state index contributed by atoms with van der Waals surface area (Å²) in [5, 5.41) is 4.12. The number of para-hydroxylation sites is 1. The lowest BCUT2D eigenvalue weighted by atomic mass is 9.71. The third-order valence-electron chi connectivity index (χ3n) is 4.62. The van der Waals surface area contributed by atoms with Crippen LogP contribution in [0.15, 0.2) is 36.5 Å². The Morgan fingerprint density at radius 2 is 2.19 bits per heavy atom. The minimum atomic E-state index is -0.247. The van der Waals surface area contributed by atoms with E-state index in [-0.39, 0.29) is 11.3 Å². The van der Waals surface area contributed by atoms with Crippen LogP contribution in [0.4, 0.5) is 5.69 Å². The van der Waals surface area contributed by atoms with Crippen molar-refractivity contribution >= 4 is 22.5 Å². The molecule has 0 radical (unpaired) electrons. The summed E-state index contributed by atoms with van der Waals surface area (Å²) in [4.78, 5) is 17.0. The molecule has 1 N–H and O–H groups in total. The quantitative estimate of drug-likeness (QED) is 0.887. The molecule has 1 aliphatic rings. The number of nitrogens with one attached hydrogen (secondary N) is 1. The van der Waals surface area contributed by atoms with E-state index in [4.69, 9.17) is 0 Å². The topological polar surface area (TPSA) is 42.0 Å². The molecule has 0 aliphatic heterocycles. The van der Waals surface area contributed by atoms with Crippen molar-refractivity contribution in [3.8, 4) is 0 Å². The number of fused-ring (bicyclic) bond motifs is 1. The Morgan fingerprint density at radius 1 is 1.38 bits per heavy atom. The monoisotopic (exact) mass is 282 g/mol. The number of hydrogen-bond acceptors (Lipinski definition) is 2. The molecule has 21 heavy (non-hydrogen) atoms. The lowest BCUT2D eigenvalue weighted by molar-refractivity contribution is -0.127. The van der Waals surface area contributed by atoms with Crippen LogP contribution in [0.3, 0.4) is 0 Å². The van der Waals surface area contributed by atoms with Gasteiger partial charge in [-0.05, 0) is 30.9 Å². The third kappa shape index (κ3) is 2.92. The van der Waals surface area contributed by atoms with E-state index < -0.39 is 0 Å². The van der Waals surface area contributed by atoms with Crippen LogP contribution in [0.1, 0.15) is 39.5 Å². The van der Waals surface area contributed by atoms with E-state index in [1.165, 1.54) is 6.42 Å². The molecule has 0 spiro atoms. The number of amides is 1. The number of benzene rings is 1. The standard InChI is InChI=1S/C18H22N2O/c1-13-6-5-9-18(2,11-13)17(21)20-15-10-14-7-3-4-8-16(14)19-12-15/h3-4,7-8,10,12-13H,5-6,9,11H2,1-2H3,(H,20,21). The fraction of sp³-hybridized carbons (Fsp3) is 0.444. The number of aromatic nitrogens is 1. The summed E-state index contributed by atoms with van der Waals surface area (Å²) < 4.78 is 0. The van der Waals surface area contributed by atoms with E-state index >= 15 is 0 Å². The van der Waals surface area contributed by atoms with Gasteiger partial charge in [0, 0.05) is 10.8 Å². The van der Waals surface area contributed by atoms with Crippen molar-refractivity contribution in [1.29, 1.82) is 0 Å². The molecular formula is C18H22N2O. The molecule has 1 aliphatic carbocycles. The Bertz CT molecular complexity index is 667. The van der Waals surface area contributed by atoms with E-state index in [1.54, 1.807) is 6.20 Å². The average molecular weight is 282 g/mol. The highest BCUT2D eigenvalue weighted by Gasteiger charge is 2.37. The van der Waals surface area contributed by atoms with E-state index in [9.17, 15) is 4.79 Å². The smallest absolute Gasteiger partial charge is 0.230 e. The second kappa shape index (κ2) is 5.47. The van der Waals surface area contributed by atoms with Gasteiger partial charge >= 0.3 is 0 Å². The van der Waals surface area contributed by atoms with Crippen molar-refractivity contribution in [2.75, 3.05) is 5.32 Å². The zero-order valence-electron chi connectivity index (χ0n) is 12.7. The number of anilines is 1. The summed E-state index contributed by atoms with van der Waals surface area (Å²) in [6.07, 6.45) is 6.07. The van der Waals surface area contributed by atoms with Gasteiger partial charge in [-0.1, -0.05) is 44.9 Å². The van der Waals surface area contributed by atoms with Crippen LogP contribution >= 0.6 is 0 Å². The first-order valence-electron chi connectivity index (χ1n) is 7.73. The number of pyridine rings is 1. The fourth-order valence-electron chi connectivity index (χ4n) is 3.44. The first kappa shape index (κ1) is 14.1. The summed E-state index contributed by atoms with van der Waals surface area (Å²) in [5.41, 5.74) is 1.50. The number of rotatable bonds is 2. The Balaban J connectivity index is 1.79. The van der Waals surface area contributed by atoms with Crippen LogP contribution in [0, 0.1) is 11.3 Å². The minimum Gasteiger partial charge on any atom is -0.324 e. The van der Waals surface area contributed by atoms with Gasteiger partial charge < -0.3 is 5.32 Å². The maximum absolute atomic E-state index is 12.6. The van der Waals surface area contributed by atoms with Crippen LogP contribution in [0.2, 0.25) is 0 Å². The lowest BCUT2D eigenvalue weighted by Crippen LogP contribution is -2.37. The third-order valence-corrected chi connectivity index (χ3v) is 4.62. The zero-order valence-corrected chi connectivity index (χ0v) is 12.7. The molecule has 1 amide bonds. The Morgan fingerprint density at radius 3 is 3.00 bits per heavy atom. The molecular weight excluding hydrogens is 260 g/mol. The second-order valence-electron chi connectivity index (χ2n) is 6.63. The first-order valence-corrected chi connectivity index (χ1v) is 7.73. The SMILES string of the molecule is CC1CCCC(C)(C(=O)Nc2cnc3ccccc3c2)C1. The van der Waals surface area contributed by atoms with Gasteiger partial charge in [-0.2, -0.15) is 0 Å². The fourth-order valence-corrected chi connectivity index (χ4v) is 3.44. The highest BCUT2D eigenvalue weighted by atomic mass is 16.2. The van der Waals surface area contributed by atoms with Crippen LogP contribution in [0.5, 0.6) is 0 Å². The normalized spacial score (nSPS) is 25.7. The molecule has 0 saturated heterocycles. The van der Waals surface area contributed by atoms with Gasteiger partial charge in [0.1, 0.15) is 0 Å². The zero-order chi connectivity index (χ0) is 14.9. The Labute approximate surface area is 125 Å². The van der Waals surface area contributed by atoms with E-state index in [0.717, 1.165) is 35.9 Å². The molecule has 3 rings (SSSR count). The molecule has 1 aromatic carbocycles. The van der Waals surface area contributed by atoms with Crippen LogP contribution in [0.25, 0.3) is 10.9 Å². The van der Waals surface area contributed by atoms with Crippen molar-refractivity contribution in [3.05, 3.63) is 36.5 Å². The van der Waals surface area contributed by atoms with Crippen molar-refractivity contribution in [1.82, 2.24) is 4.98 Å². The van der Waals surface area contributed by atoms with Gasteiger partial charge in [0.2, 0.25) is 5.91 Å². The van der Waals surface area contributed by atoms with Crippen molar-refractivity contribution < 1.29 is 4.79 Å². The molecule has 110 valence electrons. The van der Waals surface area contributed by atoms with E-state index in [2.05, 4.69) is 24.1 Å². The molecule has 2 aromatic rings. The molecule has 1 fully saturated rings. The first-order chi connectivity index (χ1) is 10.1. The average Bonchev–Trinajstić information content (AvgIpc) is 2.47. The van der Waals surface area contributed by atoms with Gasteiger partial charge in [0.25, 0.3) is 0 Å². The molecule has 1 aromatic heterocycles. The number of nitrogens with zero attached hydrogens (tertiary/aromatic N) is 1. The Hall–Kier alpha value is -1.90. The predicted octanol–water partition coefficient (Wildman–Crippen LogP) is 4.39. The van der Waals surface area contributed by atoms with Gasteiger partial charge in [0.15, 0.2) is 0 Å². The summed E-state index contributed by atoms with van der Waals surface area (Å²) in [5.74, 6) is 0.760. The minimum absolute atomic E-state index is 0.131. The van der Waals surface area contributed by atoms with E-state index in [0.29, 0.717) is 5.92 Å². The largest absolute Gasteiger partial charge is 0.324 e. The van der Waals surface area contributed by atoms with E-state index in [1.807, 2.05) is 30.3 Å². The molecule has 3 heteroatoms. The van der Waals surface area contributed by atoms with Crippen molar-refractivity contribution in [2.24, 2.45) is 11.3 Å². The van der Waals surface area contributed by atoms with Crippen molar-refractivity contribution in [2.45, 2.75) is 39.5 Å². The molecule has 2 atom stereocenters. The maximum atomic E-state index is 12.6. The summed E-state index contributed by atoms with van der Waals surface area (Å²) in [6, 6.07) is 9.95. The number of carbonyl (C=O) groups excluding carboxylic acids is 1. The number of carbonyl (C=O) groups is 1. The van der Waals surface area contributed by atoms with Gasteiger partial charge in [-0.25, -0.2) is 0 Å². The van der Waals surface area contributed by atoms with Crippen LogP contribution < -0.4 is 5.32 Å². The van der Waals surface area contributed by atoms with Crippen LogP contribution in [-0.4, -0.2) is 10.9 Å². The maximum Gasteiger partial charge on any atom is 0.230 e. The molecule has 0 bridgehead atoms. The van der Waals surface area contributed by atoms with Gasteiger partial charge in [0.05, 0.1) is 17.4 Å². The molecule has 1 saturated carbocycles. The highest BCUT2D eigenvalue weighted by Crippen LogP contribution is 2.39.